The number of nitrogens with one attached hydrogen (secondary N) is 2. The number of urea groups is 1. The van der Waals surface area contributed by atoms with E-state index in [0.717, 1.165) is 9.88 Å². The van der Waals surface area contributed by atoms with Crippen molar-refractivity contribution in [2.24, 2.45) is 5.92 Å². The normalized spacial score (nSPS) is 21.3. The van der Waals surface area contributed by atoms with Crippen molar-refractivity contribution < 1.29 is 14.7 Å². The van der Waals surface area contributed by atoms with Crippen LogP contribution < -0.4 is 10.6 Å². The number of carbonyl (C=O) groups is 2. The second-order valence-electron chi connectivity index (χ2n) is 4.34. The summed E-state index contributed by atoms with van der Waals surface area (Å²) >= 11 is 1.53. The van der Waals surface area contributed by atoms with E-state index in [2.05, 4.69) is 15.6 Å². The van der Waals surface area contributed by atoms with Gasteiger partial charge in [0, 0.05) is 11.1 Å². The zero-order valence-corrected chi connectivity index (χ0v) is 11.2. The Labute approximate surface area is 114 Å². The van der Waals surface area contributed by atoms with Gasteiger partial charge in [0.05, 0.1) is 23.5 Å². The lowest BCUT2D eigenvalue weighted by molar-refractivity contribution is -0.140. The average Bonchev–Trinajstić information content (AvgIpc) is 2.96. The van der Waals surface area contributed by atoms with Gasteiger partial charge in [0.15, 0.2) is 0 Å². The molecule has 1 aliphatic carbocycles. The highest BCUT2D eigenvalue weighted by Gasteiger charge is 2.25. The van der Waals surface area contributed by atoms with E-state index in [1.54, 1.807) is 18.3 Å². The van der Waals surface area contributed by atoms with Crippen molar-refractivity contribution in [3.8, 4) is 0 Å². The van der Waals surface area contributed by atoms with Crippen molar-refractivity contribution >= 4 is 23.3 Å². The van der Waals surface area contributed by atoms with E-state index >= 15 is 0 Å². The van der Waals surface area contributed by atoms with Crippen LogP contribution in [0.2, 0.25) is 0 Å². The Balaban J connectivity index is 1.74. The number of hydrogen-bond donors (Lipinski definition) is 3. The van der Waals surface area contributed by atoms with Crippen LogP contribution in [0.5, 0.6) is 0 Å². The number of amides is 2. The lowest BCUT2D eigenvalue weighted by atomic mass is 10.1. The van der Waals surface area contributed by atoms with Crippen molar-refractivity contribution in [1.82, 2.24) is 15.6 Å². The Hall–Kier alpha value is -1.89. The molecule has 0 aromatic carbocycles. The summed E-state index contributed by atoms with van der Waals surface area (Å²) in [5.74, 6) is -1.37. The van der Waals surface area contributed by atoms with E-state index < -0.39 is 11.9 Å². The molecule has 1 aliphatic rings. The summed E-state index contributed by atoms with van der Waals surface area (Å²) in [6.45, 7) is 2.33. The lowest BCUT2D eigenvalue weighted by Gasteiger charge is -2.12. The largest absolute Gasteiger partial charge is 0.481 e. The number of thiazole rings is 1. The second kappa shape index (κ2) is 5.83. The number of hydrogen-bond acceptors (Lipinski definition) is 4. The smallest absolute Gasteiger partial charge is 0.315 e. The third-order valence-corrected chi connectivity index (χ3v) is 3.72. The highest BCUT2D eigenvalue weighted by molar-refractivity contribution is 7.11. The summed E-state index contributed by atoms with van der Waals surface area (Å²) < 4.78 is 0. The van der Waals surface area contributed by atoms with Crippen molar-refractivity contribution in [2.45, 2.75) is 25.9 Å². The van der Waals surface area contributed by atoms with Crippen LogP contribution >= 0.6 is 11.3 Å². The Morgan fingerprint density at radius 2 is 2.32 bits per heavy atom. The maximum atomic E-state index is 11.6. The van der Waals surface area contributed by atoms with E-state index in [-0.39, 0.29) is 12.1 Å². The van der Waals surface area contributed by atoms with Crippen molar-refractivity contribution in [3.05, 3.63) is 28.2 Å². The van der Waals surface area contributed by atoms with E-state index in [1.807, 2.05) is 6.92 Å². The number of carboxylic acid groups (broad SMARTS) is 1. The summed E-state index contributed by atoms with van der Waals surface area (Å²) in [7, 11) is 0. The van der Waals surface area contributed by atoms with Crippen LogP contribution in [0, 0.1) is 12.8 Å². The zero-order valence-electron chi connectivity index (χ0n) is 10.4. The van der Waals surface area contributed by atoms with Gasteiger partial charge in [0.25, 0.3) is 0 Å². The monoisotopic (exact) mass is 281 g/mol. The van der Waals surface area contributed by atoms with Crippen molar-refractivity contribution in [3.63, 3.8) is 0 Å². The molecule has 0 fully saturated rings. The predicted molar refractivity (Wildman–Crippen MR) is 70.9 cm³/mol. The number of aliphatic carboxylic acids is 1. The van der Waals surface area contributed by atoms with E-state index in [9.17, 15) is 9.59 Å². The molecule has 2 atom stereocenters. The van der Waals surface area contributed by atoms with Gasteiger partial charge in [-0.05, 0) is 13.3 Å². The standard InChI is InChI=1S/C12H15N3O3S/c1-7-13-5-10(19-7)6-14-12(18)15-9-3-2-8(4-9)11(16)17/h2-3,5,8-9H,4,6H2,1H3,(H,16,17)(H2,14,15,18). The first-order chi connectivity index (χ1) is 9.04. The Bertz CT molecular complexity index is 512. The SMILES string of the molecule is Cc1ncc(CNC(=O)NC2C=CC(C(=O)O)C2)s1. The first-order valence-corrected chi connectivity index (χ1v) is 6.73. The summed E-state index contributed by atoms with van der Waals surface area (Å²) in [5, 5.41) is 15.2. The quantitative estimate of drug-likeness (QED) is 0.725. The molecule has 1 aromatic rings. The molecule has 2 amide bonds. The molecule has 3 N–H and O–H groups in total. The first-order valence-electron chi connectivity index (χ1n) is 5.91. The Kier molecular flexibility index (Phi) is 4.16. The molecule has 0 aliphatic heterocycles. The third-order valence-electron chi connectivity index (χ3n) is 2.81. The van der Waals surface area contributed by atoms with Gasteiger partial charge in [-0.2, -0.15) is 0 Å². The summed E-state index contributed by atoms with van der Waals surface area (Å²) in [6, 6.07) is -0.518. The van der Waals surface area contributed by atoms with Crippen LogP contribution in [-0.4, -0.2) is 28.1 Å². The minimum absolute atomic E-state index is 0.218. The molecule has 2 rings (SSSR count). The van der Waals surface area contributed by atoms with Gasteiger partial charge in [-0.3, -0.25) is 4.79 Å². The molecule has 0 spiro atoms. The highest BCUT2D eigenvalue weighted by atomic mass is 32.1. The zero-order chi connectivity index (χ0) is 13.8. The van der Waals surface area contributed by atoms with Crippen LogP contribution in [0.4, 0.5) is 4.79 Å². The number of nitrogens with zero attached hydrogens (tertiary/aromatic N) is 1. The molecule has 102 valence electrons. The van der Waals surface area contributed by atoms with Crippen LogP contribution in [0.15, 0.2) is 18.3 Å². The first kappa shape index (κ1) is 13.5. The summed E-state index contributed by atoms with van der Waals surface area (Å²) in [4.78, 5) is 27.5. The van der Waals surface area contributed by atoms with Crippen molar-refractivity contribution in [2.75, 3.05) is 0 Å². The number of carboxylic acids is 1. The molecular formula is C12H15N3O3S. The van der Waals surface area contributed by atoms with Gasteiger partial charge in [-0.25, -0.2) is 9.78 Å². The molecule has 1 heterocycles. The number of carbonyl (C=O) groups excluding carboxylic acids is 1. The maximum absolute atomic E-state index is 11.6. The lowest BCUT2D eigenvalue weighted by Crippen LogP contribution is -2.40. The molecular weight excluding hydrogens is 266 g/mol. The topological polar surface area (TPSA) is 91.3 Å². The molecule has 0 saturated carbocycles. The number of aryl methyl sites for hydroxylation is 1. The van der Waals surface area contributed by atoms with Gasteiger partial charge in [0.1, 0.15) is 0 Å². The minimum atomic E-state index is -0.860. The van der Waals surface area contributed by atoms with E-state index in [0.29, 0.717) is 13.0 Å². The second-order valence-corrected chi connectivity index (χ2v) is 5.66. The van der Waals surface area contributed by atoms with Crippen LogP contribution in [-0.2, 0) is 11.3 Å². The average molecular weight is 281 g/mol. The molecule has 2 unspecified atom stereocenters. The molecule has 1 aromatic heterocycles. The molecule has 6 nitrogen and oxygen atoms in total. The van der Waals surface area contributed by atoms with E-state index in [4.69, 9.17) is 5.11 Å². The minimum Gasteiger partial charge on any atom is -0.481 e. The molecule has 7 heteroatoms. The summed E-state index contributed by atoms with van der Waals surface area (Å²) in [5.41, 5.74) is 0. The van der Waals surface area contributed by atoms with Gasteiger partial charge in [-0.15, -0.1) is 11.3 Å². The van der Waals surface area contributed by atoms with E-state index in [1.165, 1.54) is 11.3 Å². The number of rotatable bonds is 4. The van der Waals surface area contributed by atoms with Crippen LogP contribution in [0.3, 0.4) is 0 Å². The van der Waals surface area contributed by atoms with Crippen molar-refractivity contribution in [1.29, 1.82) is 0 Å². The summed E-state index contributed by atoms with van der Waals surface area (Å²) in [6.07, 6.45) is 5.47. The fourth-order valence-electron chi connectivity index (χ4n) is 1.86. The molecule has 0 saturated heterocycles. The van der Waals surface area contributed by atoms with Gasteiger partial charge in [0.2, 0.25) is 0 Å². The van der Waals surface area contributed by atoms with Crippen LogP contribution in [0.1, 0.15) is 16.3 Å². The fraction of sp³-hybridized carbons (Fsp3) is 0.417. The van der Waals surface area contributed by atoms with Gasteiger partial charge >= 0.3 is 12.0 Å². The third kappa shape index (κ3) is 3.78. The van der Waals surface area contributed by atoms with Gasteiger partial charge in [-0.1, -0.05) is 12.2 Å². The Morgan fingerprint density at radius 1 is 1.53 bits per heavy atom. The predicted octanol–water partition coefficient (Wildman–Crippen LogP) is 1.28. The molecule has 0 bridgehead atoms. The van der Waals surface area contributed by atoms with Crippen LogP contribution in [0.25, 0.3) is 0 Å². The van der Waals surface area contributed by atoms with Gasteiger partial charge < -0.3 is 15.7 Å². The molecule has 19 heavy (non-hydrogen) atoms. The fourth-order valence-corrected chi connectivity index (χ4v) is 2.60. The Morgan fingerprint density at radius 3 is 2.89 bits per heavy atom. The maximum Gasteiger partial charge on any atom is 0.315 e. The molecule has 0 radical (unpaired) electrons. The number of aromatic nitrogens is 1. The highest BCUT2D eigenvalue weighted by Crippen LogP contribution is 2.17.